The van der Waals surface area contributed by atoms with Gasteiger partial charge in [0.15, 0.2) is 0 Å². The molecule has 0 aromatic carbocycles. The Labute approximate surface area is 116 Å². The maximum Gasteiger partial charge on any atom is 0.308 e. The first kappa shape index (κ1) is 13.9. The van der Waals surface area contributed by atoms with Gasteiger partial charge in [-0.15, -0.1) is 0 Å². The van der Waals surface area contributed by atoms with Crippen LogP contribution in [0.5, 0.6) is 0 Å². The maximum absolute atomic E-state index is 12.0. The fourth-order valence-corrected chi connectivity index (χ4v) is 2.83. The molecule has 1 aliphatic heterocycles. The van der Waals surface area contributed by atoms with E-state index in [4.69, 9.17) is 5.11 Å². The lowest BCUT2D eigenvalue weighted by atomic mass is 9.98. The molecule has 5 nitrogen and oxygen atoms in total. The minimum atomic E-state index is -0.810. The minimum Gasteiger partial charge on any atom is -0.481 e. The number of piperidine rings is 1. The molecule has 1 aliphatic rings. The monoisotopic (exact) mass is 280 g/mol. The molecular weight excluding hydrogens is 264 g/mol. The summed E-state index contributed by atoms with van der Waals surface area (Å²) in [6.45, 7) is 0.988. The molecule has 0 radical (unpaired) electrons. The molecule has 2 rings (SSSR count). The molecule has 1 amide bonds. The fourth-order valence-electron chi connectivity index (χ4n) is 2.06. The molecule has 1 fully saturated rings. The number of likely N-dealkylation sites (tertiary alicyclic amines) is 1. The van der Waals surface area contributed by atoms with Gasteiger partial charge in [0.1, 0.15) is 0 Å². The average molecular weight is 280 g/mol. The smallest absolute Gasteiger partial charge is 0.308 e. The van der Waals surface area contributed by atoms with Crippen molar-refractivity contribution < 1.29 is 14.7 Å². The molecule has 2 heterocycles. The lowest BCUT2D eigenvalue weighted by molar-refractivity contribution is -0.145. The van der Waals surface area contributed by atoms with Crippen LogP contribution in [0.1, 0.15) is 12.8 Å². The Morgan fingerprint density at radius 2 is 2.32 bits per heavy atom. The van der Waals surface area contributed by atoms with Crippen molar-refractivity contribution in [3.63, 3.8) is 0 Å². The molecule has 1 aromatic rings. The Balaban J connectivity index is 1.84. The number of hydrogen-bond donors (Lipinski definition) is 1. The van der Waals surface area contributed by atoms with Crippen molar-refractivity contribution in [2.24, 2.45) is 5.92 Å². The standard InChI is InChI=1S/C13H16N2O3S/c16-12(9-19-11-5-1-2-6-14-11)15-7-3-4-10(8-15)13(17)18/h1-2,5-6,10H,3-4,7-9H2,(H,17,18). The third-order valence-corrected chi connectivity index (χ3v) is 4.03. The van der Waals surface area contributed by atoms with E-state index in [0.29, 0.717) is 25.3 Å². The third-order valence-electron chi connectivity index (χ3n) is 3.10. The Morgan fingerprint density at radius 1 is 1.47 bits per heavy atom. The van der Waals surface area contributed by atoms with Crippen molar-refractivity contribution in [1.82, 2.24) is 9.88 Å². The number of amides is 1. The van der Waals surface area contributed by atoms with Gasteiger partial charge in [0.2, 0.25) is 5.91 Å². The second-order valence-corrected chi connectivity index (χ2v) is 5.47. The lowest BCUT2D eigenvalue weighted by Gasteiger charge is -2.30. The molecule has 1 unspecified atom stereocenters. The van der Waals surface area contributed by atoms with E-state index in [0.717, 1.165) is 11.4 Å². The molecular formula is C13H16N2O3S. The summed E-state index contributed by atoms with van der Waals surface area (Å²) >= 11 is 1.38. The van der Waals surface area contributed by atoms with E-state index < -0.39 is 11.9 Å². The average Bonchev–Trinajstić information content (AvgIpc) is 2.46. The Hall–Kier alpha value is -1.56. The highest BCUT2D eigenvalue weighted by Gasteiger charge is 2.27. The van der Waals surface area contributed by atoms with Gasteiger partial charge in [0.25, 0.3) is 0 Å². The zero-order valence-electron chi connectivity index (χ0n) is 10.5. The van der Waals surface area contributed by atoms with Crippen molar-refractivity contribution in [2.45, 2.75) is 17.9 Å². The summed E-state index contributed by atoms with van der Waals surface area (Å²) in [5.74, 6) is -0.933. The van der Waals surface area contributed by atoms with Crippen LogP contribution in [0.4, 0.5) is 0 Å². The Bertz CT molecular complexity index is 452. The number of aromatic nitrogens is 1. The Kier molecular flexibility index (Phi) is 4.79. The molecule has 0 spiro atoms. The highest BCUT2D eigenvalue weighted by atomic mass is 32.2. The van der Waals surface area contributed by atoms with Crippen molar-refractivity contribution in [1.29, 1.82) is 0 Å². The number of aliphatic carboxylic acids is 1. The molecule has 1 atom stereocenters. The van der Waals surface area contributed by atoms with Gasteiger partial charge in [-0.2, -0.15) is 0 Å². The number of carbonyl (C=O) groups excluding carboxylic acids is 1. The van der Waals surface area contributed by atoms with E-state index in [1.165, 1.54) is 11.8 Å². The highest BCUT2D eigenvalue weighted by Crippen LogP contribution is 2.19. The number of carboxylic acids is 1. The van der Waals surface area contributed by atoms with E-state index in [9.17, 15) is 9.59 Å². The number of thioether (sulfide) groups is 1. The van der Waals surface area contributed by atoms with Gasteiger partial charge in [-0.05, 0) is 25.0 Å². The first-order valence-corrected chi connectivity index (χ1v) is 7.20. The van der Waals surface area contributed by atoms with Crippen LogP contribution in [0.2, 0.25) is 0 Å². The number of carbonyl (C=O) groups is 2. The quantitative estimate of drug-likeness (QED) is 0.846. The normalized spacial score (nSPS) is 19.2. The first-order valence-electron chi connectivity index (χ1n) is 6.21. The first-order chi connectivity index (χ1) is 9.16. The van der Waals surface area contributed by atoms with Gasteiger partial charge >= 0.3 is 5.97 Å². The number of pyridine rings is 1. The van der Waals surface area contributed by atoms with Crippen LogP contribution in [0.3, 0.4) is 0 Å². The van der Waals surface area contributed by atoms with Crippen LogP contribution < -0.4 is 0 Å². The summed E-state index contributed by atoms with van der Waals surface area (Å²) < 4.78 is 0. The summed E-state index contributed by atoms with van der Waals surface area (Å²) in [6.07, 6.45) is 3.11. The van der Waals surface area contributed by atoms with E-state index in [2.05, 4.69) is 4.98 Å². The molecule has 102 valence electrons. The third kappa shape index (κ3) is 3.96. The number of carboxylic acid groups (broad SMARTS) is 1. The van der Waals surface area contributed by atoms with Gasteiger partial charge in [-0.25, -0.2) is 4.98 Å². The summed E-state index contributed by atoms with van der Waals surface area (Å²) in [5.41, 5.74) is 0. The van der Waals surface area contributed by atoms with Crippen LogP contribution in [0.25, 0.3) is 0 Å². The number of rotatable bonds is 4. The van der Waals surface area contributed by atoms with E-state index in [-0.39, 0.29) is 5.91 Å². The van der Waals surface area contributed by atoms with Gasteiger partial charge in [-0.3, -0.25) is 9.59 Å². The summed E-state index contributed by atoms with van der Waals surface area (Å²) in [4.78, 5) is 28.8. The molecule has 0 aliphatic carbocycles. The van der Waals surface area contributed by atoms with E-state index in [1.807, 2.05) is 18.2 Å². The van der Waals surface area contributed by atoms with Crippen molar-refractivity contribution in [2.75, 3.05) is 18.8 Å². The van der Waals surface area contributed by atoms with Crippen molar-refractivity contribution in [3.8, 4) is 0 Å². The zero-order chi connectivity index (χ0) is 13.7. The fraction of sp³-hybridized carbons (Fsp3) is 0.462. The van der Waals surface area contributed by atoms with Crippen LogP contribution in [0, 0.1) is 5.92 Å². The van der Waals surface area contributed by atoms with Gasteiger partial charge in [0, 0.05) is 19.3 Å². The van der Waals surface area contributed by atoms with Crippen LogP contribution in [0.15, 0.2) is 29.4 Å². The maximum atomic E-state index is 12.0. The van der Waals surface area contributed by atoms with E-state index >= 15 is 0 Å². The lowest BCUT2D eigenvalue weighted by Crippen LogP contribution is -2.43. The topological polar surface area (TPSA) is 70.5 Å². The summed E-state index contributed by atoms with van der Waals surface area (Å²) in [7, 11) is 0. The molecule has 1 saturated heterocycles. The van der Waals surface area contributed by atoms with Crippen molar-refractivity contribution in [3.05, 3.63) is 24.4 Å². The van der Waals surface area contributed by atoms with Crippen LogP contribution in [-0.4, -0.2) is 45.7 Å². The molecule has 0 bridgehead atoms. The summed E-state index contributed by atoms with van der Waals surface area (Å²) in [6, 6.07) is 5.56. The molecule has 0 saturated carbocycles. The molecule has 1 aromatic heterocycles. The van der Waals surface area contributed by atoms with Gasteiger partial charge < -0.3 is 10.0 Å². The second-order valence-electron chi connectivity index (χ2n) is 4.47. The van der Waals surface area contributed by atoms with E-state index in [1.54, 1.807) is 11.1 Å². The molecule has 19 heavy (non-hydrogen) atoms. The summed E-state index contributed by atoms with van der Waals surface area (Å²) in [5, 5.41) is 9.80. The van der Waals surface area contributed by atoms with Gasteiger partial charge in [0.05, 0.1) is 16.7 Å². The predicted molar refractivity (Wildman–Crippen MR) is 71.9 cm³/mol. The SMILES string of the molecule is O=C(O)C1CCCN(C(=O)CSc2ccccn2)C1. The van der Waals surface area contributed by atoms with Crippen LogP contribution in [-0.2, 0) is 9.59 Å². The largest absolute Gasteiger partial charge is 0.481 e. The zero-order valence-corrected chi connectivity index (χ0v) is 11.3. The Morgan fingerprint density at radius 3 is 3.00 bits per heavy atom. The predicted octanol–water partition coefficient (Wildman–Crippen LogP) is 1.50. The molecule has 6 heteroatoms. The van der Waals surface area contributed by atoms with Crippen molar-refractivity contribution >= 4 is 23.6 Å². The second kappa shape index (κ2) is 6.56. The number of nitrogens with zero attached hydrogens (tertiary/aromatic N) is 2. The molecule has 1 N–H and O–H groups in total. The van der Waals surface area contributed by atoms with Crippen LogP contribution >= 0.6 is 11.8 Å². The van der Waals surface area contributed by atoms with Gasteiger partial charge in [-0.1, -0.05) is 17.8 Å². The number of hydrogen-bond acceptors (Lipinski definition) is 4. The highest BCUT2D eigenvalue weighted by molar-refractivity contribution is 7.99. The minimum absolute atomic E-state index is 0.0124.